The Morgan fingerprint density at radius 2 is 1.84 bits per heavy atom. The standard InChI is InChI=1S/C19H30FN3O2/c1-4-17(5-2)21-19(24)14-23-10-8-22(9-11-23)13-15-12-16(20)6-7-18(15)25-3/h6-7,12,17H,4-5,8-11,13-14H2,1-3H3,(H,21,24). The number of hydrogen-bond acceptors (Lipinski definition) is 4. The van der Waals surface area contributed by atoms with Crippen LogP contribution in [0.25, 0.3) is 0 Å². The molecule has 1 aliphatic rings. The molecular weight excluding hydrogens is 321 g/mol. The molecule has 1 heterocycles. The van der Waals surface area contributed by atoms with Crippen molar-refractivity contribution in [1.29, 1.82) is 0 Å². The van der Waals surface area contributed by atoms with Crippen molar-refractivity contribution in [1.82, 2.24) is 15.1 Å². The van der Waals surface area contributed by atoms with Crippen LogP contribution in [0.15, 0.2) is 18.2 Å². The van der Waals surface area contributed by atoms with Crippen molar-refractivity contribution in [2.75, 3.05) is 39.8 Å². The molecule has 1 fully saturated rings. The Hall–Kier alpha value is -1.66. The van der Waals surface area contributed by atoms with E-state index < -0.39 is 0 Å². The topological polar surface area (TPSA) is 44.8 Å². The number of carbonyl (C=O) groups is 1. The zero-order valence-electron chi connectivity index (χ0n) is 15.6. The van der Waals surface area contributed by atoms with Crippen molar-refractivity contribution in [3.63, 3.8) is 0 Å². The minimum Gasteiger partial charge on any atom is -0.496 e. The van der Waals surface area contributed by atoms with Crippen LogP contribution in [-0.4, -0.2) is 61.6 Å². The van der Waals surface area contributed by atoms with Crippen LogP contribution in [0.4, 0.5) is 4.39 Å². The molecule has 1 aliphatic heterocycles. The molecule has 1 saturated heterocycles. The first-order chi connectivity index (χ1) is 12.0. The molecule has 0 radical (unpaired) electrons. The number of benzene rings is 1. The van der Waals surface area contributed by atoms with E-state index in [0.29, 0.717) is 18.8 Å². The molecule has 0 bridgehead atoms. The van der Waals surface area contributed by atoms with Crippen LogP contribution in [0.1, 0.15) is 32.3 Å². The number of halogens is 1. The third kappa shape index (κ3) is 5.97. The third-order valence-corrected chi connectivity index (χ3v) is 4.82. The molecule has 0 saturated carbocycles. The summed E-state index contributed by atoms with van der Waals surface area (Å²) < 4.78 is 18.8. The highest BCUT2D eigenvalue weighted by Gasteiger charge is 2.20. The molecule has 0 spiro atoms. The van der Waals surface area contributed by atoms with Gasteiger partial charge in [0.15, 0.2) is 0 Å². The fourth-order valence-electron chi connectivity index (χ4n) is 3.19. The summed E-state index contributed by atoms with van der Waals surface area (Å²) in [5, 5.41) is 3.08. The van der Waals surface area contributed by atoms with Crippen molar-refractivity contribution in [3.05, 3.63) is 29.6 Å². The second kappa shape index (κ2) is 9.73. The van der Waals surface area contributed by atoms with Gasteiger partial charge in [-0.1, -0.05) is 13.8 Å². The van der Waals surface area contributed by atoms with Crippen LogP contribution in [0.3, 0.4) is 0 Å². The number of amides is 1. The summed E-state index contributed by atoms with van der Waals surface area (Å²) in [5.74, 6) is 0.579. The van der Waals surface area contributed by atoms with Crippen molar-refractivity contribution in [2.45, 2.75) is 39.3 Å². The smallest absolute Gasteiger partial charge is 0.234 e. The molecule has 6 heteroatoms. The van der Waals surface area contributed by atoms with Gasteiger partial charge in [0.25, 0.3) is 0 Å². The van der Waals surface area contributed by atoms with Gasteiger partial charge in [-0.2, -0.15) is 0 Å². The number of piperazine rings is 1. The van der Waals surface area contributed by atoms with Gasteiger partial charge in [0.1, 0.15) is 11.6 Å². The van der Waals surface area contributed by atoms with E-state index in [1.165, 1.54) is 12.1 Å². The van der Waals surface area contributed by atoms with Crippen molar-refractivity contribution in [3.8, 4) is 5.75 Å². The Labute approximate surface area is 150 Å². The molecule has 0 aliphatic carbocycles. The number of nitrogens with zero attached hydrogens (tertiary/aromatic N) is 2. The van der Waals surface area contributed by atoms with Crippen LogP contribution >= 0.6 is 0 Å². The van der Waals surface area contributed by atoms with E-state index in [9.17, 15) is 9.18 Å². The first-order valence-corrected chi connectivity index (χ1v) is 9.12. The summed E-state index contributed by atoms with van der Waals surface area (Å²) in [5.41, 5.74) is 0.863. The summed E-state index contributed by atoms with van der Waals surface area (Å²) in [6.07, 6.45) is 1.93. The van der Waals surface area contributed by atoms with E-state index in [-0.39, 0.29) is 17.8 Å². The van der Waals surface area contributed by atoms with Crippen LogP contribution in [0.2, 0.25) is 0 Å². The normalized spacial score (nSPS) is 16.2. The van der Waals surface area contributed by atoms with Crippen molar-refractivity contribution >= 4 is 5.91 Å². The third-order valence-electron chi connectivity index (χ3n) is 4.82. The van der Waals surface area contributed by atoms with Crippen LogP contribution in [-0.2, 0) is 11.3 Å². The lowest BCUT2D eigenvalue weighted by Crippen LogP contribution is -2.50. The summed E-state index contributed by atoms with van der Waals surface area (Å²) in [7, 11) is 1.60. The van der Waals surface area contributed by atoms with Crippen LogP contribution < -0.4 is 10.1 Å². The van der Waals surface area contributed by atoms with Gasteiger partial charge >= 0.3 is 0 Å². The number of carbonyl (C=O) groups excluding carboxylic acids is 1. The first kappa shape index (κ1) is 19.7. The first-order valence-electron chi connectivity index (χ1n) is 9.12. The molecule has 140 valence electrons. The highest BCUT2D eigenvalue weighted by Crippen LogP contribution is 2.21. The fraction of sp³-hybridized carbons (Fsp3) is 0.632. The second-order valence-electron chi connectivity index (χ2n) is 6.59. The highest BCUT2D eigenvalue weighted by molar-refractivity contribution is 5.78. The molecule has 25 heavy (non-hydrogen) atoms. The Balaban J connectivity index is 1.80. The average molecular weight is 351 g/mol. The predicted octanol–water partition coefficient (Wildman–Crippen LogP) is 2.26. The molecule has 2 rings (SSSR count). The lowest BCUT2D eigenvalue weighted by atomic mass is 10.1. The van der Waals surface area contributed by atoms with Crippen LogP contribution in [0.5, 0.6) is 5.75 Å². The van der Waals surface area contributed by atoms with Crippen LogP contribution in [0, 0.1) is 5.82 Å². The molecule has 1 amide bonds. The lowest BCUT2D eigenvalue weighted by Gasteiger charge is -2.34. The zero-order chi connectivity index (χ0) is 18.2. The molecule has 0 aromatic heterocycles. The van der Waals surface area contributed by atoms with Crippen molar-refractivity contribution < 1.29 is 13.9 Å². The van der Waals surface area contributed by atoms with Crippen molar-refractivity contribution in [2.24, 2.45) is 0 Å². The maximum Gasteiger partial charge on any atom is 0.234 e. The van der Waals surface area contributed by atoms with E-state index in [0.717, 1.165) is 44.6 Å². The predicted molar refractivity (Wildman–Crippen MR) is 97.2 cm³/mol. The number of nitrogens with one attached hydrogen (secondary N) is 1. The Morgan fingerprint density at radius 3 is 2.44 bits per heavy atom. The Morgan fingerprint density at radius 1 is 1.20 bits per heavy atom. The van der Waals surface area contributed by atoms with Gasteiger partial charge in [-0.3, -0.25) is 14.6 Å². The van der Waals surface area contributed by atoms with Gasteiger partial charge in [-0.25, -0.2) is 4.39 Å². The second-order valence-corrected chi connectivity index (χ2v) is 6.59. The highest BCUT2D eigenvalue weighted by atomic mass is 19.1. The summed E-state index contributed by atoms with van der Waals surface area (Å²) >= 11 is 0. The van der Waals surface area contributed by atoms with Gasteiger partial charge in [-0.05, 0) is 31.0 Å². The number of ether oxygens (including phenoxy) is 1. The van der Waals surface area contributed by atoms with E-state index in [1.807, 2.05) is 0 Å². The molecule has 1 aromatic carbocycles. The summed E-state index contributed by atoms with van der Waals surface area (Å²) in [6, 6.07) is 4.89. The number of methoxy groups -OCH3 is 1. The fourth-order valence-corrected chi connectivity index (χ4v) is 3.19. The van der Waals surface area contributed by atoms with Gasteiger partial charge in [0.2, 0.25) is 5.91 Å². The summed E-state index contributed by atoms with van der Waals surface area (Å²) in [6.45, 7) is 8.70. The average Bonchev–Trinajstić information content (AvgIpc) is 2.61. The monoisotopic (exact) mass is 351 g/mol. The largest absolute Gasteiger partial charge is 0.496 e. The molecular formula is C19H30FN3O2. The van der Waals surface area contributed by atoms with E-state index in [2.05, 4.69) is 29.0 Å². The SMILES string of the molecule is CCC(CC)NC(=O)CN1CCN(Cc2cc(F)ccc2OC)CC1. The Bertz CT molecular complexity index is 556. The minimum atomic E-state index is -0.243. The number of rotatable bonds is 8. The van der Waals surface area contributed by atoms with E-state index in [4.69, 9.17) is 4.74 Å². The quantitative estimate of drug-likeness (QED) is 0.780. The molecule has 1 N–H and O–H groups in total. The van der Waals surface area contributed by atoms with Gasteiger partial charge < -0.3 is 10.1 Å². The van der Waals surface area contributed by atoms with Gasteiger partial charge in [0.05, 0.1) is 13.7 Å². The molecule has 0 atom stereocenters. The van der Waals surface area contributed by atoms with E-state index in [1.54, 1.807) is 13.2 Å². The molecule has 1 aromatic rings. The molecule has 0 unspecified atom stereocenters. The Kier molecular flexibility index (Phi) is 7.65. The van der Waals surface area contributed by atoms with E-state index >= 15 is 0 Å². The van der Waals surface area contributed by atoms with Gasteiger partial charge in [-0.15, -0.1) is 0 Å². The lowest BCUT2D eigenvalue weighted by molar-refractivity contribution is -0.123. The maximum absolute atomic E-state index is 13.5. The van der Waals surface area contributed by atoms with Gasteiger partial charge in [0, 0.05) is 44.3 Å². The minimum absolute atomic E-state index is 0.106. The summed E-state index contributed by atoms with van der Waals surface area (Å²) in [4.78, 5) is 16.6. The molecule has 5 nitrogen and oxygen atoms in total. The zero-order valence-corrected chi connectivity index (χ0v) is 15.6. The maximum atomic E-state index is 13.5. The number of hydrogen-bond donors (Lipinski definition) is 1.